The van der Waals surface area contributed by atoms with Crippen molar-refractivity contribution in [3.05, 3.63) is 53.6 Å². The van der Waals surface area contributed by atoms with E-state index in [0.29, 0.717) is 30.0 Å². The molecule has 0 spiro atoms. The molecule has 0 bridgehead atoms. The van der Waals surface area contributed by atoms with E-state index < -0.39 is 17.8 Å². The van der Waals surface area contributed by atoms with Crippen LogP contribution in [0.5, 0.6) is 5.75 Å². The van der Waals surface area contributed by atoms with Gasteiger partial charge < -0.3 is 20.9 Å². The average molecular weight is 371 g/mol. The van der Waals surface area contributed by atoms with Gasteiger partial charge in [0, 0.05) is 11.4 Å². The van der Waals surface area contributed by atoms with Crippen molar-refractivity contribution in [3.8, 4) is 5.75 Å². The molecule has 0 radical (unpaired) electrons. The first-order chi connectivity index (χ1) is 12.6. The first kappa shape index (κ1) is 20.1. The van der Waals surface area contributed by atoms with Gasteiger partial charge in [0.05, 0.1) is 0 Å². The molecule has 27 heavy (non-hydrogen) atoms. The topological polar surface area (TPSA) is 117 Å². The third-order valence-electron chi connectivity index (χ3n) is 3.56. The zero-order chi connectivity index (χ0) is 20.0. The van der Waals surface area contributed by atoms with Crippen molar-refractivity contribution in [3.63, 3.8) is 0 Å². The zero-order valence-electron chi connectivity index (χ0n) is 15.7. The maximum Gasteiger partial charge on any atom is 0.412 e. The Morgan fingerprint density at radius 1 is 1.07 bits per heavy atom. The van der Waals surface area contributed by atoms with Crippen molar-refractivity contribution in [2.45, 2.75) is 39.2 Å². The number of benzene rings is 2. The summed E-state index contributed by atoms with van der Waals surface area (Å²) in [4.78, 5) is 22.9. The third-order valence-corrected chi connectivity index (χ3v) is 3.56. The Balaban J connectivity index is 2.11. The van der Waals surface area contributed by atoms with Crippen LogP contribution in [-0.4, -0.2) is 17.8 Å². The summed E-state index contributed by atoms with van der Waals surface area (Å²) in [6, 6.07) is 12.4. The number of rotatable bonds is 5. The Morgan fingerprint density at radius 2 is 1.81 bits per heavy atom. The molecule has 2 aromatic rings. The van der Waals surface area contributed by atoms with Gasteiger partial charge in [-0.3, -0.25) is 5.32 Å². The first-order valence-corrected chi connectivity index (χ1v) is 8.57. The summed E-state index contributed by atoms with van der Waals surface area (Å²) in [7, 11) is 0. The predicted octanol–water partition coefficient (Wildman–Crippen LogP) is 3.86. The number of carbonyl (C=O) groups excluding carboxylic acids is 2. The molecule has 0 saturated carbocycles. The average Bonchev–Trinajstić information content (AvgIpc) is 2.53. The quantitative estimate of drug-likeness (QED) is 0.690. The highest BCUT2D eigenvalue weighted by Gasteiger charge is 2.17. The molecule has 0 saturated heterocycles. The van der Waals surface area contributed by atoms with Crippen molar-refractivity contribution in [2.24, 2.45) is 5.73 Å². The lowest BCUT2D eigenvalue weighted by molar-refractivity contribution is 0.0635. The van der Waals surface area contributed by atoms with Gasteiger partial charge in [-0.1, -0.05) is 12.1 Å². The molecular formula is C20H25N3O4. The van der Waals surface area contributed by atoms with E-state index in [1.165, 1.54) is 0 Å². The smallest absolute Gasteiger partial charge is 0.412 e. The molecule has 0 aliphatic carbocycles. The molecule has 2 amide bonds. The summed E-state index contributed by atoms with van der Waals surface area (Å²) >= 11 is 0. The lowest BCUT2D eigenvalue weighted by Gasteiger charge is -2.20. The summed E-state index contributed by atoms with van der Waals surface area (Å²) in [5, 5.41) is 2.77. The monoisotopic (exact) mass is 371 g/mol. The van der Waals surface area contributed by atoms with Gasteiger partial charge in [-0.2, -0.15) is 0 Å². The number of ether oxygens (including phenoxy) is 2. The molecule has 0 aliphatic rings. The van der Waals surface area contributed by atoms with Crippen LogP contribution in [0.4, 0.5) is 21.0 Å². The lowest BCUT2D eigenvalue weighted by Crippen LogP contribution is -2.27. The van der Waals surface area contributed by atoms with Gasteiger partial charge >= 0.3 is 12.2 Å². The number of amides is 2. The fourth-order valence-electron chi connectivity index (χ4n) is 2.52. The normalized spacial score (nSPS) is 10.9. The summed E-state index contributed by atoms with van der Waals surface area (Å²) in [6.07, 6.45) is -0.101. The molecule has 2 rings (SSSR count). The first-order valence-electron chi connectivity index (χ1n) is 8.57. The number of aryl methyl sites for hydroxylation is 2. The molecule has 5 N–H and O–H groups in total. The van der Waals surface area contributed by atoms with Gasteiger partial charge in [-0.15, -0.1) is 0 Å². The van der Waals surface area contributed by atoms with Crippen molar-refractivity contribution in [1.82, 2.24) is 0 Å². The Morgan fingerprint density at radius 3 is 2.48 bits per heavy atom. The third kappa shape index (κ3) is 6.89. The molecule has 144 valence electrons. The summed E-state index contributed by atoms with van der Waals surface area (Å²) in [6.45, 7) is 5.41. The number of hydrogen-bond acceptors (Lipinski definition) is 5. The number of nitrogens with two attached hydrogens (primary N) is 2. The van der Waals surface area contributed by atoms with Crippen LogP contribution < -0.4 is 21.5 Å². The maximum atomic E-state index is 12.1. The molecular weight excluding hydrogens is 346 g/mol. The molecule has 7 nitrogen and oxygen atoms in total. The molecule has 0 heterocycles. The van der Waals surface area contributed by atoms with Gasteiger partial charge in [0.25, 0.3) is 0 Å². The fourth-order valence-corrected chi connectivity index (χ4v) is 2.52. The number of nitrogen functional groups attached to an aromatic ring is 1. The number of anilines is 2. The van der Waals surface area contributed by atoms with Crippen LogP contribution in [-0.2, 0) is 17.6 Å². The molecule has 7 heteroatoms. The highest BCUT2D eigenvalue weighted by Crippen LogP contribution is 2.23. The molecule has 0 unspecified atom stereocenters. The van der Waals surface area contributed by atoms with E-state index in [1.807, 2.05) is 12.1 Å². The van der Waals surface area contributed by atoms with E-state index in [0.717, 1.165) is 11.1 Å². The van der Waals surface area contributed by atoms with E-state index in [2.05, 4.69) is 5.32 Å². The SMILES string of the molecule is CC(C)(C)OC(=O)Nc1ccc(N)cc1CCc1cccc(OC(N)=O)c1. The maximum absolute atomic E-state index is 12.1. The van der Waals surface area contributed by atoms with Crippen LogP contribution in [0.1, 0.15) is 31.9 Å². The molecule has 0 atom stereocenters. The lowest BCUT2D eigenvalue weighted by atomic mass is 10.0. The van der Waals surface area contributed by atoms with E-state index in [9.17, 15) is 9.59 Å². The molecule has 2 aromatic carbocycles. The van der Waals surface area contributed by atoms with Crippen molar-refractivity contribution >= 4 is 23.6 Å². The second kappa shape index (κ2) is 8.44. The Hall–Kier alpha value is -3.22. The molecule has 0 fully saturated rings. The van der Waals surface area contributed by atoms with Crippen LogP contribution in [0.2, 0.25) is 0 Å². The number of carbonyl (C=O) groups is 2. The summed E-state index contributed by atoms with van der Waals surface area (Å²) < 4.78 is 10.2. The Kier molecular flexibility index (Phi) is 6.28. The van der Waals surface area contributed by atoms with E-state index in [4.69, 9.17) is 20.9 Å². The zero-order valence-corrected chi connectivity index (χ0v) is 15.7. The van der Waals surface area contributed by atoms with Crippen LogP contribution in [0.15, 0.2) is 42.5 Å². The fraction of sp³-hybridized carbons (Fsp3) is 0.300. The number of hydrogen-bond donors (Lipinski definition) is 3. The van der Waals surface area contributed by atoms with Crippen LogP contribution in [0.3, 0.4) is 0 Å². The Bertz CT molecular complexity index is 828. The van der Waals surface area contributed by atoms with Gasteiger partial charge in [0.15, 0.2) is 0 Å². The minimum Gasteiger partial charge on any atom is -0.444 e. The highest BCUT2D eigenvalue weighted by molar-refractivity contribution is 5.86. The predicted molar refractivity (Wildman–Crippen MR) is 105 cm³/mol. The van der Waals surface area contributed by atoms with Gasteiger partial charge in [-0.05, 0) is 75.1 Å². The minimum atomic E-state index is -0.855. The largest absolute Gasteiger partial charge is 0.444 e. The molecule has 0 aromatic heterocycles. The van der Waals surface area contributed by atoms with E-state index in [1.54, 1.807) is 51.1 Å². The van der Waals surface area contributed by atoms with Gasteiger partial charge in [0.2, 0.25) is 0 Å². The van der Waals surface area contributed by atoms with Crippen LogP contribution in [0, 0.1) is 0 Å². The summed E-state index contributed by atoms with van der Waals surface area (Å²) in [5.74, 6) is 0.389. The van der Waals surface area contributed by atoms with Crippen LogP contribution >= 0.6 is 0 Å². The summed E-state index contributed by atoms with van der Waals surface area (Å²) in [5.41, 5.74) is 13.4. The number of nitrogens with one attached hydrogen (secondary N) is 1. The van der Waals surface area contributed by atoms with Crippen molar-refractivity contribution in [2.75, 3.05) is 11.1 Å². The van der Waals surface area contributed by atoms with Crippen molar-refractivity contribution in [1.29, 1.82) is 0 Å². The van der Waals surface area contributed by atoms with E-state index in [-0.39, 0.29) is 0 Å². The number of primary amides is 1. The van der Waals surface area contributed by atoms with Crippen molar-refractivity contribution < 1.29 is 19.1 Å². The van der Waals surface area contributed by atoms with Gasteiger partial charge in [0.1, 0.15) is 11.4 Å². The second-order valence-corrected chi connectivity index (χ2v) is 7.11. The standard InChI is InChI=1S/C20H25N3O4/c1-20(2,3)27-19(25)23-17-10-9-15(21)12-14(17)8-7-13-5-4-6-16(11-13)26-18(22)24/h4-6,9-12H,7-8,21H2,1-3H3,(H2,22,24)(H,23,25). The van der Waals surface area contributed by atoms with Gasteiger partial charge in [-0.25, -0.2) is 9.59 Å². The van der Waals surface area contributed by atoms with E-state index >= 15 is 0 Å². The Labute approximate surface area is 158 Å². The molecule has 0 aliphatic heterocycles. The second-order valence-electron chi connectivity index (χ2n) is 7.11. The van der Waals surface area contributed by atoms with Crippen LogP contribution in [0.25, 0.3) is 0 Å². The minimum absolute atomic E-state index is 0.389. The highest BCUT2D eigenvalue weighted by atomic mass is 16.6.